The predicted octanol–water partition coefficient (Wildman–Crippen LogP) is 2.18. The third-order valence-corrected chi connectivity index (χ3v) is 4.34. The number of hydrogen-bond acceptors (Lipinski definition) is 3. The van der Waals surface area contributed by atoms with Crippen LogP contribution in [-0.4, -0.2) is 22.6 Å². The van der Waals surface area contributed by atoms with E-state index in [0.29, 0.717) is 12.5 Å². The number of fused-ring (bicyclic) bond motifs is 1. The summed E-state index contributed by atoms with van der Waals surface area (Å²) in [6, 6.07) is 3.98. The molecule has 1 aromatic heterocycles. The van der Waals surface area contributed by atoms with E-state index < -0.39 is 0 Å². The van der Waals surface area contributed by atoms with E-state index in [1.807, 2.05) is 19.1 Å². The summed E-state index contributed by atoms with van der Waals surface area (Å²) in [6.45, 7) is 2.59. The van der Waals surface area contributed by atoms with Crippen LogP contribution < -0.4 is 11.1 Å². The van der Waals surface area contributed by atoms with Gasteiger partial charge < -0.3 is 11.1 Å². The lowest BCUT2D eigenvalue weighted by atomic mass is 9.95. The Morgan fingerprint density at radius 2 is 2.35 bits per heavy atom. The molecule has 5 nitrogen and oxygen atoms in total. The number of nitrogens with one attached hydrogen (secondary N) is 2. The van der Waals surface area contributed by atoms with Crippen LogP contribution in [-0.2, 0) is 4.79 Å². The number of nitrogens with two attached hydrogens (primary N) is 1. The highest BCUT2D eigenvalue weighted by molar-refractivity contribution is 5.96. The zero-order valence-corrected chi connectivity index (χ0v) is 11.6. The number of aromatic amines is 1. The van der Waals surface area contributed by atoms with Gasteiger partial charge in [-0.2, -0.15) is 5.10 Å². The SMILES string of the molecule is Cc1cc2cn[nH]c2cc1NC(=O)[C@@H]1CCC[C@@H]1CN. The minimum atomic E-state index is 0.0527. The molecule has 0 saturated heterocycles. The Kier molecular flexibility index (Phi) is 3.44. The van der Waals surface area contributed by atoms with Gasteiger partial charge in [0.2, 0.25) is 5.91 Å². The fourth-order valence-electron chi connectivity index (χ4n) is 3.13. The molecule has 0 radical (unpaired) electrons. The first-order valence-corrected chi connectivity index (χ1v) is 7.13. The Balaban J connectivity index is 1.81. The predicted molar refractivity (Wildman–Crippen MR) is 79.3 cm³/mol. The molecular weight excluding hydrogens is 252 g/mol. The molecule has 1 amide bonds. The molecule has 0 aliphatic heterocycles. The Labute approximate surface area is 117 Å². The minimum Gasteiger partial charge on any atom is -0.330 e. The Morgan fingerprint density at radius 3 is 3.15 bits per heavy atom. The van der Waals surface area contributed by atoms with Crippen LogP contribution in [0.3, 0.4) is 0 Å². The Hall–Kier alpha value is -1.88. The lowest BCUT2D eigenvalue weighted by molar-refractivity contribution is -0.120. The molecule has 3 rings (SSSR count). The van der Waals surface area contributed by atoms with Crippen molar-refractivity contribution in [1.82, 2.24) is 10.2 Å². The molecule has 4 N–H and O–H groups in total. The van der Waals surface area contributed by atoms with E-state index in [1.165, 1.54) is 0 Å². The van der Waals surface area contributed by atoms with Crippen LogP contribution in [0.5, 0.6) is 0 Å². The average molecular weight is 272 g/mol. The molecule has 0 unspecified atom stereocenters. The number of H-pyrrole nitrogens is 1. The second-order valence-corrected chi connectivity index (χ2v) is 5.65. The van der Waals surface area contributed by atoms with Crippen molar-refractivity contribution in [2.45, 2.75) is 26.2 Å². The van der Waals surface area contributed by atoms with E-state index >= 15 is 0 Å². The maximum atomic E-state index is 12.4. The van der Waals surface area contributed by atoms with E-state index in [0.717, 1.165) is 41.4 Å². The van der Waals surface area contributed by atoms with Gasteiger partial charge in [-0.1, -0.05) is 6.42 Å². The molecular formula is C15H20N4O. The second kappa shape index (κ2) is 5.25. The summed E-state index contributed by atoms with van der Waals surface area (Å²) in [7, 11) is 0. The number of amides is 1. The molecule has 1 heterocycles. The van der Waals surface area contributed by atoms with E-state index in [2.05, 4.69) is 15.5 Å². The summed E-state index contributed by atoms with van der Waals surface area (Å²) in [5, 5.41) is 11.1. The van der Waals surface area contributed by atoms with Crippen LogP contribution in [0.15, 0.2) is 18.3 Å². The fourth-order valence-corrected chi connectivity index (χ4v) is 3.13. The minimum absolute atomic E-state index is 0.0527. The quantitative estimate of drug-likeness (QED) is 0.800. The highest BCUT2D eigenvalue weighted by Gasteiger charge is 2.32. The summed E-state index contributed by atoms with van der Waals surface area (Å²) in [5.41, 5.74) is 8.60. The molecule has 1 fully saturated rings. The van der Waals surface area contributed by atoms with Gasteiger partial charge in [0.25, 0.3) is 0 Å². The van der Waals surface area contributed by atoms with Crippen molar-refractivity contribution in [3.05, 3.63) is 23.9 Å². The van der Waals surface area contributed by atoms with E-state index in [4.69, 9.17) is 5.73 Å². The molecule has 106 valence electrons. The van der Waals surface area contributed by atoms with Crippen LogP contribution in [0.25, 0.3) is 10.9 Å². The summed E-state index contributed by atoms with van der Waals surface area (Å²) < 4.78 is 0. The lowest BCUT2D eigenvalue weighted by Gasteiger charge is -2.18. The van der Waals surface area contributed by atoms with Crippen molar-refractivity contribution in [2.24, 2.45) is 17.6 Å². The van der Waals surface area contributed by atoms with Gasteiger partial charge in [-0.05, 0) is 49.9 Å². The number of hydrogen-bond donors (Lipinski definition) is 3. The van der Waals surface area contributed by atoms with Gasteiger partial charge in [0, 0.05) is 17.0 Å². The monoisotopic (exact) mass is 272 g/mol. The lowest BCUT2D eigenvalue weighted by Crippen LogP contribution is -2.29. The summed E-state index contributed by atoms with van der Waals surface area (Å²) >= 11 is 0. The zero-order chi connectivity index (χ0) is 14.1. The third-order valence-electron chi connectivity index (χ3n) is 4.34. The third kappa shape index (κ3) is 2.29. The van der Waals surface area contributed by atoms with E-state index in [9.17, 15) is 4.79 Å². The van der Waals surface area contributed by atoms with Crippen molar-refractivity contribution < 1.29 is 4.79 Å². The normalized spacial score (nSPS) is 22.3. The van der Waals surface area contributed by atoms with Gasteiger partial charge >= 0.3 is 0 Å². The highest BCUT2D eigenvalue weighted by atomic mass is 16.1. The molecule has 5 heteroatoms. The van der Waals surface area contributed by atoms with E-state index in [-0.39, 0.29) is 11.8 Å². The summed E-state index contributed by atoms with van der Waals surface area (Å²) in [4.78, 5) is 12.4. The van der Waals surface area contributed by atoms with Crippen LogP contribution in [0, 0.1) is 18.8 Å². The number of rotatable bonds is 3. The standard InChI is InChI=1S/C15H20N4O/c1-9-5-11-8-17-19-14(11)6-13(9)18-15(20)12-4-2-3-10(12)7-16/h5-6,8,10,12H,2-4,7,16H2,1H3,(H,17,19)(H,18,20)/t10-,12-/m1/s1. The van der Waals surface area contributed by atoms with Crippen LogP contribution in [0.4, 0.5) is 5.69 Å². The highest BCUT2D eigenvalue weighted by Crippen LogP contribution is 2.32. The molecule has 0 spiro atoms. The second-order valence-electron chi connectivity index (χ2n) is 5.65. The number of nitrogens with zero attached hydrogens (tertiary/aromatic N) is 1. The summed E-state index contributed by atoms with van der Waals surface area (Å²) in [6.07, 6.45) is 4.89. The molecule has 0 bridgehead atoms. The number of aryl methyl sites for hydroxylation is 1. The largest absolute Gasteiger partial charge is 0.330 e. The maximum absolute atomic E-state index is 12.4. The Bertz CT molecular complexity index is 634. The Morgan fingerprint density at radius 1 is 1.50 bits per heavy atom. The van der Waals surface area contributed by atoms with Crippen molar-refractivity contribution in [2.75, 3.05) is 11.9 Å². The van der Waals surface area contributed by atoms with Gasteiger partial charge in [0.15, 0.2) is 0 Å². The number of anilines is 1. The van der Waals surface area contributed by atoms with Crippen molar-refractivity contribution in [3.63, 3.8) is 0 Å². The van der Waals surface area contributed by atoms with Crippen LogP contribution >= 0.6 is 0 Å². The molecule has 1 saturated carbocycles. The van der Waals surface area contributed by atoms with E-state index in [1.54, 1.807) is 6.20 Å². The van der Waals surface area contributed by atoms with Crippen LogP contribution in [0.1, 0.15) is 24.8 Å². The molecule has 2 atom stereocenters. The van der Waals surface area contributed by atoms with Crippen LogP contribution in [0.2, 0.25) is 0 Å². The summed E-state index contributed by atoms with van der Waals surface area (Å²) in [5.74, 6) is 0.475. The van der Waals surface area contributed by atoms with Crippen molar-refractivity contribution in [3.8, 4) is 0 Å². The smallest absolute Gasteiger partial charge is 0.227 e. The molecule has 1 aromatic carbocycles. The zero-order valence-electron chi connectivity index (χ0n) is 11.6. The van der Waals surface area contributed by atoms with Crippen molar-refractivity contribution in [1.29, 1.82) is 0 Å². The van der Waals surface area contributed by atoms with Gasteiger partial charge in [0.05, 0.1) is 11.7 Å². The van der Waals surface area contributed by atoms with Gasteiger partial charge in [-0.3, -0.25) is 9.89 Å². The molecule has 20 heavy (non-hydrogen) atoms. The van der Waals surface area contributed by atoms with Gasteiger partial charge in [0.1, 0.15) is 0 Å². The maximum Gasteiger partial charge on any atom is 0.227 e. The fraction of sp³-hybridized carbons (Fsp3) is 0.467. The molecule has 1 aliphatic carbocycles. The topological polar surface area (TPSA) is 83.8 Å². The first kappa shape index (κ1) is 13.1. The first-order valence-electron chi connectivity index (χ1n) is 7.13. The average Bonchev–Trinajstić information content (AvgIpc) is 3.06. The number of aromatic nitrogens is 2. The number of benzene rings is 1. The van der Waals surface area contributed by atoms with Crippen molar-refractivity contribution >= 4 is 22.5 Å². The molecule has 2 aromatic rings. The number of carbonyl (C=O) groups excluding carboxylic acids is 1. The number of carbonyl (C=O) groups is 1. The van der Waals surface area contributed by atoms with Gasteiger partial charge in [-0.15, -0.1) is 0 Å². The molecule has 1 aliphatic rings. The van der Waals surface area contributed by atoms with Gasteiger partial charge in [-0.25, -0.2) is 0 Å². The first-order chi connectivity index (χ1) is 9.69.